The molecule has 0 aliphatic heterocycles. The number of carbonyl (C=O) groups excluding carboxylic acids is 1. The van der Waals surface area contributed by atoms with Gasteiger partial charge in [-0.15, -0.1) is 12.4 Å². The van der Waals surface area contributed by atoms with Gasteiger partial charge in [-0.2, -0.15) is 0 Å². The molecule has 1 heterocycles. The van der Waals surface area contributed by atoms with E-state index in [-0.39, 0.29) is 12.4 Å². The fourth-order valence-electron chi connectivity index (χ4n) is 2.13. The van der Waals surface area contributed by atoms with Crippen LogP contribution in [0.25, 0.3) is 0 Å². The summed E-state index contributed by atoms with van der Waals surface area (Å²) in [4.78, 5) is 16.3. The molecular weight excluding hydrogens is 334 g/mol. The number of carbonyl (C=O) groups is 1. The SMILES string of the molecule is COc1cc(C(=O)OC(C)c2ccncc2)cc(OC)c1OC.Cl. The van der Waals surface area contributed by atoms with Crippen molar-refractivity contribution >= 4 is 18.4 Å². The summed E-state index contributed by atoms with van der Waals surface area (Å²) in [5.41, 5.74) is 1.18. The van der Waals surface area contributed by atoms with Crippen LogP contribution < -0.4 is 14.2 Å². The maximum absolute atomic E-state index is 12.4. The summed E-state index contributed by atoms with van der Waals surface area (Å²) in [5.74, 6) is 0.744. The van der Waals surface area contributed by atoms with Crippen LogP contribution >= 0.6 is 12.4 Å². The van der Waals surface area contributed by atoms with Gasteiger partial charge in [0.2, 0.25) is 5.75 Å². The molecule has 0 spiro atoms. The summed E-state index contributed by atoms with van der Waals surface area (Å²) in [7, 11) is 4.49. The Morgan fingerprint density at radius 1 is 1.00 bits per heavy atom. The molecule has 24 heavy (non-hydrogen) atoms. The van der Waals surface area contributed by atoms with E-state index in [4.69, 9.17) is 18.9 Å². The molecule has 2 rings (SSSR count). The first-order chi connectivity index (χ1) is 11.1. The number of ether oxygens (including phenoxy) is 4. The number of rotatable bonds is 6. The van der Waals surface area contributed by atoms with Crippen LogP contribution in [0.2, 0.25) is 0 Å². The molecule has 1 atom stereocenters. The number of nitrogens with zero attached hydrogens (tertiary/aromatic N) is 1. The Morgan fingerprint density at radius 2 is 1.54 bits per heavy atom. The standard InChI is InChI=1S/C17H19NO5.ClH/c1-11(12-5-7-18-8-6-12)23-17(19)13-9-14(20-2)16(22-4)15(10-13)21-3;/h5-11H,1-4H3;1H. The molecule has 0 radical (unpaired) electrons. The van der Waals surface area contributed by atoms with Crippen LogP contribution in [-0.2, 0) is 4.74 Å². The number of esters is 1. The number of benzene rings is 1. The highest BCUT2D eigenvalue weighted by atomic mass is 35.5. The molecule has 0 aliphatic carbocycles. The lowest BCUT2D eigenvalue weighted by Gasteiger charge is -2.16. The zero-order valence-electron chi connectivity index (χ0n) is 13.9. The van der Waals surface area contributed by atoms with E-state index in [0.29, 0.717) is 22.8 Å². The van der Waals surface area contributed by atoms with Gasteiger partial charge in [0.25, 0.3) is 0 Å². The molecule has 0 fully saturated rings. The Balaban J connectivity index is 0.00000288. The minimum atomic E-state index is -0.478. The van der Waals surface area contributed by atoms with Gasteiger partial charge in [-0.25, -0.2) is 4.79 Å². The second-order valence-electron chi connectivity index (χ2n) is 4.74. The van der Waals surface area contributed by atoms with Gasteiger partial charge < -0.3 is 18.9 Å². The van der Waals surface area contributed by atoms with Gasteiger partial charge in [-0.1, -0.05) is 0 Å². The van der Waals surface area contributed by atoms with Crippen molar-refractivity contribution in [3.8, 4) is 17.2 Å². The van der Waals surface area contributed by atoms with E-state index in [1.165, 1.54) is 21.3 Å². The smallest absolute Gasteiger partial charge is 0.339 e. The second-order valence-corrected chi connectivity index (χ2v) is 4.74. The minimum Gasteiger partial charge on any atom is -0.493 e. The van der Waals surface area contributed by atoms with Gasteiger partial charge >= 0.3 is 5.97 Å². The lowest BCUT2D eigenvalue weighted by Crippen LogP contribution is -2.10. The second kappa shape index (κ2) is 8.98. The van der Waals surface area contributed by atoms with Crippen molar-refractivity contribution in [2.45, 2.75) is 13.0 Å². The number of pyridine rings is 1. The fraction of sp³-hybridized carbons (Fsp3) is 0.294. The van der Waals surface area contributed by atoms with Crippen molar-refractivity contribution in [2.24, 2.45) is 0 Å². The summed E-state index contributed by atoms with van der Waals surface area (Å²) in [6.07, 6.45) is 2.91. The van der Waals surface area contributed by atoms with Crippen LogP contribution in [0.15, 0.2) is 36.7 Å². The highest BCUT2D eigenvalue weighted by Gasteiger charge is 2.19. The predicted molar refractivity (Wildman–Crippen MR) is 91.4 cm³/mol. The number of aromatic nitrogens is 1. The maximum atomic E-state index is 12.4. The average molecular weight is 354 g/mol. The Bertz CT molecular complexity index is 653. The summed E-state index contributed by atoms with van der Waals surface area (Å²) in [6, 6.07) is 6.71. The van der Waals surface area contributed by atoms with Crippen LogP contribution in [0.1, 0.15) is 28.9 Å². The third-order valence-electron chi connectivity index (χ3n) is 3.36. The van der Waals surface area contributed by atoms with Crippen molar-refractivity contribution < 1.29 is 23.7 Å². The first-order valence-electron chi connectivity index (χ1n) is 7.01. The first kappa shape index (κ1) is 19.6. The van der Waals surface area contributed by atoms with Gasteiger partial charge in [-0.3, -0.25) is 4.98 Å². The van der Waals surface area contributed by atoms with Gasteiger partial charge in [0.1, 0.15) is 6.10 Å². The Morgan fingerprint density at radius 3 is 2.00 bits per heavy atom. The molecule has 0 amide bonds. The Hall–Kier alpha value is -2.47. The first-order valence-corrected chi connectivity index (χ1v) is 7.01. The molecule has 0 N–H and O–H groups in total. The van der Waals surface area contributed by atoms with Gasteiger partial charge in [0, 0.05) is 12.4 Å². The molecule has 0 aliphatic rings. The molecule has 6 nitrogen and oxygen atoms in total. The third-order valence-corrected chi connectivity index (χ3v) is 3.36. The summed E-state index contributed by atoms with van der Waals surface area (Å²) < 4.78 is 21.2. The largest absolute Gasteiger partial charge is 0.493 e. The van der Waals surface area contributed by atoms with Crippen LogP contribution in [0.5, 0.6) is 17.2 Å². The molecule has 1 aromatic heterocycles. The van der Waals surface area contributed by atoms with Crippen molar-refractivity contribution in [2.75, 3.05) is 21.3 Å². The molecule has 0 bridgehead atoms. The van der Waals surface area contributed by atoms with E-state index in [2.05, 4.69) is 4.98 Å². The summed E-state index contributed by atoms with van der Waals surface area (Å²) in [5, 5.41) is 0. The number of methoxy groups -OCH3 is 3. The van der Waals surface area contributed by atoms with Crippen LogP contribution in [0.3, 0.4) is 0 Å². The number of halogens is 1. The number of hydrogen-bond acceptors (Lipinski definition) is 6. The zero-order valence-corrected chi connectivity index (χ0v) is 14.8. The highest BCUT2D eigenvalue weighted by Crippen LogP contribution is 2.38. The molecule has 1 unspecified atom stereocenters. The van der Waals surface area contributed by atoms with E-state index < -0.39 is 12.1 Å². The van der Waals surface area contributed by atoms with E-state index in [1.54, 1.807) is 43.6 Å². The normalized spacial score (nSPS) is 11.0. The van der Waals surface area contributed by atoms with Crippen molar-refractivity contribution in [3.05, 3.63) is 47.8 Å². The molecule has 0 saturated carbocycles. The van der Waals surface area contributed by atoms with Crippen molar-refractivity contribution in [1.82, 2.24) is 4.98 Å². The van der Waals surface area contributed by atoms with Crippen LogP contribution in [0, 0.1) is 0 Å². The van der Waals surface area contributed by atoms with Crippen molar-refractivity contribution in [1.29, 1.82) is 0 Å². The van der Waals surface area contributed by atoms with Crippen LogP contribution in [0.4, 0.5) is 0 Å². The molecule has 0 saturated heterocycles. The van der Waals surface area contributed by atoms with E-state index >= 15 is 0 Å². The quantitative estimate of drug-likeness (QED) is 0.741. The fourth-order valence-corrected chi connectivity index (χ4v) is 2.13. The highest BCUT2D eigenvalue weighted by molar-refractivity contribution is 5.91. The lowest BCUT2D eigenvalue weighted by atomic mass is 10.1. The van der Waals surface area contributed by atoms with E-state index in [9.17, 15) is 4.79 Å². The maximum Gasteiger partial charge on any atom is 0.339 e. The predicted octanol–water partition coefficient (Wildman–Crippen LogP) is 3.45. The molecule has 2 aromatic rings. The third kappa shape index (κ3) is 4.29. The van der Waals surface area contributed by atoms with E-state index in [1.807, 2.05) is 0 Å². The van der Waals surface area contributed by atoms with Crippen LogP contribution in [-0.4, -0.2) is 32.3 Å². The Kier molecular flexibility index (Phi) is 7.32. The molecular formula is C17H20ClNO5. The molecule has 130 valence electrons. The number of hydrogen-bond donors (Lipinski definition) is 0. The minimum absolute atomic E-state index is 0. The topological polar surface area (TPSA) is 66.9 Å². The molecule has 1 aromatic carbocycles. The van der Waals surface area contributed by atoms with Gasteiger partial charge in [0.15, 0.2) is 11.5 Å². The average Bonchev–Trinajstić information content (AvgIpc) is 2.60. The lowest BCUT2D eigenvalue weighted by molar-refractivity contribution is 0.0337. The Labute approximate surface area is 147 Å². The van der Waals surface area contributed by atoms with Gasteiger partial charge in [-0.05, 0) is 36.8 Å². The summed E-state index contributed by atoms with van der Waals surface area (Å²) in [6.45, 7) is 1.80. The molecule has 7 heteroatoms. The monoisotopic (exact) mass is 353 g/mol. The summed E-state index contributed by atoms with van der Waals surface area (Å²) >= 11 is 0. The van der Waals surface area contributed by atoms with Crippen molar-refractivity contribution in [3.63, 3.8) is 0 Å². The van der Waals surface area contributed by atoms with E-state index in [0.717, 1.165) is 5.56 Å². The zero-order chi connectivity index (χ0) is 16.8. The van der Waals surface area contributed by atoms with Gasteiger partial charge in [0.05, 0.1) is 26.9 Å².